The normalized spacial score (nSPS) is 29.1. The molecule has 1 aliphatic rings. The predicted molar refractivity (Wildman–Crippen MR) is 58.9 cm³/mol. The van der Waals surface area contributed by atoms with Crippen LogP contribution in [0.3, 0.4) is 0 Å². The van der Waals surface area contributed by atoms with E-state index in [0.29, 0.717) is 4.68 Å². The zero-order valence-electron chi connectivity index (χ0n) is 14.3. The number of rotatable bonds is 1. The highest BCUT2D eigenvalue weighted by molar-refractivity contribution is 6.61. The Morgan fingerprint density at radius 3 is 2.47 bits per heavy atom. The van der Waals surface area contributed by atoms with Gasteiger partial charge in [0.15, 0.2) is 0 Å². The van der Waals surface area contributed by atoms with Crippen molar-refractivity contribution >= 4 is 12.6 Å². The van der Waals surface area contributed by atoms with E-state index in [1.807, 2.05) is 27.7 Å². The molecule has 4 nitrogen and oxygen atoms in total. The molecule has 2 heterocycles. The average molecular weight is 213 g/mol. The molecule has 0 aromatic carbocycles. The van der Waals surface area contributed by atoms with E-state index in [9.17, 15) is 0 Å². The monoisotopic (exact) mass is 213 g/mol. The molecular formula is C10H17BN2O2. The average Bonchev–Trinajstić information content (AvgIpc) is 2.61. The second-order valence-corrected chi connectivity index (χ2v) is 4.64. The number of hydrogen-bond acceptors (Lipinski definition) is 3. The minimum absolute atomic E-state index is 0.0415. The van der Waals surface area contributed by atoms with Gasteiger partial charge in [-0.05, 0) is 27.7 Å². The first-order valence-electron chi connectivity index (χ1n) is 7.29. The molecule has 82 valence electrons. The van der Waals surface area contributed by atoms with Crippen molar-refractivity contribution in [3.63, 3.8) is 0 Å². The number of hydrogen-bond donors (Lipinski definition) is 0. The summed E-state index contributed by atoms with van der Waals surface area (Å²) >= 11 is 0. The Kier molecular flexibility index (Phi) is 1.25. The van der Waals surface area contributed by atoms with Crippen molar-refractivity contribution in [1.82, 2.24) is 9.78 Å². The van der Waals surface area contributed by atoms with Gasteiger partial charge in [-0.1, -0.05) is 0 Å². The van der Waals surface area contributed by atoms with E-state index in [2.05, 4.69) is 5.10 Å². The molecule has 0 amide bonds. The summed E-state index contributed by atoms with van der Waals surface area (Å²) in [5.74, 6) is 0. The quantitative estimate of drug-likeness (QED) is 0.645. The zero-order chi connectivity index (χ0) is 15.5. The molecule has 0 aliphatic carbocycles. The molecule has 5 heteroatoms. The fourth-order valence-corrected chi connectivity index (χ4v) is 1.33. The number of aromatic nitrogens is 2. The molecule has 0 bridgehead atoms. The summed E-state index contributed by atoms with van der Waals surface area (Å²) in [5.41, 5.74) is -1.21. The van der Waals surface area contributed by atoms with Crippen LogP contribution in [-0.2, 0) is 16.3 Å². The van der Waals surface area contributed by atoms with E-state index in [1.165, 1.54) is 0 Å². The third kappa shape index (κ3) is 1.70. The summed E-state index contributed by atoms with van der Waals surface area (Å²) in [7, 11) is -0.962. The van der Waals surface area contributed by atoms with Gasteiger partial charge in [-0.3, -0.25) is 4.68 Å². The second kappa shape index (κ2) is 3.09. The molecule has 1 aromatic heterocycles. The Labute approximate surface area is 97.7 Å². The highest BCUT2D eigenvalue weighted by Crippen LogP contribution is 2.36. The van der Waals surface area contributed by atoms with Crippen LogP contribution in [0.1, 0.15) is 34.5 Å². The van der Waals surface area contributed by atoms with Crippen molar-refractivity contribution < 1.29 is 16.2 Å². The maximum Gasteiger partial charge on any atom is 0.498 e. The summed E-state index contributed by atoms with van der Waals surface area (Å²) in [6, 6.07) is 0. The number of aryl methyl sites for hydroxylation is 1. The maximum atomic E-state index is 7.91. The van der Waals surface area contributed by atoms with Crippen molar-refractivity contribution in [3.05, 3.63) is 12.3 Å². The van der Waals surface area contributed by atoms with Crippen LogP contribution >= 0.6 is 0 Å². The predicted octanol–water partition coefficient (Wildman–Crippen LogP) is 0.719. The third-order valence-corrected chi connectivity index (χ3v) is 2.99. The largest absolute Gasteiger partial charge is 0.498 e. The van der Waals surface area contributed by atoms with E-state index < -0.39 is 25.3 Å². The highest BCUT2D eigenvalue weighted by atomic mass is 16.7. The number of nitrogens with zero attached hydrogens (tertiary/aromatic N) is 2. The summed E-state index contributed by atoms with van der Waals surface area (Å²) in [4.78, 5) is 0. The molecule has 15 heavy (non-hydrogen) atoms. The molecule has 1 saturated heterocycles. The molecule has 0 atom stereocenters. The molecule has 0 N–H and O–H groups in total. The van der Waals surface area contributed by atoms with E-state index in [1.54, 1.807) is 0 Å². The molecule has 2 rings (SSSR count). The van der Waals surface area contributed by atoms with Gasteiger partial charge in [0, 0.05) is 28.9 Å². The van der Waals surface area contributed by atoms with Crippen molar-refractivity contribution in [2.75, 3.05) is 0 Å². The maximum absolute atomic E-state index is 7.91. The Bertz CT molecular complexity index is 524. The van der Waals surface area contributed by atoms with Crippen molar-refractivity contribution in [3.8, 4) is 0 Å². The van der Waals surface area contributed by atoms with Gasteiger partial charge in [-0.15, -0.1) is 0 Å². The van der Waals surface area contributed by atoms with Gasteiger partial charge in [0.25, 0.3) is 0 Å². The van der Waals surface area contributed by atoms with Gasteiger partial charge in [0.2, 0.25) is 0 Å². The second-order valence-electron chi connectivity index (χ2n) is 4.64. The molecular weight excluding hydrogens is 191 g/mol. The van der Waals surface area contributed by atoms with Crippen LogP contribution in [-0.4, -0.2) is 28.1 Å². The standard InChI is InChI=1S/C10H17BN2O2/c1-9(2)10(3,4)15-11(14-9)8-6-12-13(5)7-8/h6-7H,1-5H3/i5D3,6D,7D. The summed E-state index contributed by atoms with van der Waals surface area (Å²) in [6.45, 7) is 4.76. The third-order valence-electron chi connectivity index (χ3n) is 2.99. The minimum Gasteiger partial charge on any atom is -0.399 e. The van der Waals surface area contributed by atoms with E-state index in [4.69, 9.17) is 16.2 Å². The van der Waals surface area contributed by atoms with Crippen molar-refractivity contribution in [1.29, 1.82) is 0 Å². The molecule has 0 unspecified atom stereocenters. The highest BCUT2D eigenvalue weighted by Gasteiger charge is 2.52. The van der Waals surface area contributed by atoms with E-state index in [-0.39, 0.29) is 17.8 Å². The zero-order valence-corrected chi connectivity index (χ0v) is 9.29. The van der Waals surface area contributed by atoms with Crippen molar-refractivity contribution in [2.24, 2.45) is 6.98 Å². The van der Waals surface area contributed by atoms with E-state index >= 15 is 0 Å². The molecule has 1 aliphatic heterocycles. The smallest absolute Gasteiger partial charge is 0.399 e. The van der Waals surface area contributed by atoms with Gasteiger partial charge in [0.05, 0.1) is 13.9 Å². The Hall–Kier alpha value is -0.805. The van der Waals surface area contributed by atoms with Crippen LogP contribution in [0.25, 0.3) is 0 Å². The molecule has 1 fully saturated rings. The molecule has 0 saturated carbocycles. The van der Waals surface area contributed by atoms with Crippen LogP contribution in [0.2, 0.25) is 0 Å². The Morgan fingerprint density at radius 1 is 1.40 bits per heavy atom. The summed E-state index contributed by atoms with van der Waals surface area (Å²) < 4.78 is 49.6. The van der Waals surface area contributed by atoms with E-state index in [0.717, 1.165) is 0 Å². The van der Waals surface area contributed by atoms with Crippen LogP contribution in [0.15, 0.2) is 12.3 Å². The topological polar surface area (TPSA) is 36.3 Å². The lowest BCUT2D eigenvalue weighted by atomic mass is 9.82. The lowest BCUT2D eigenvalue weighted by molar-refractivity contribution is 0.00578. The van der Waals surface area contributed by atoms with Crippen molar-refractivity contribution in [2.45, 2.75) is 38.9 Å². The van der Waals surface area contributed by atoms with Crippen LogP contribution in [0.5, 0.6) is 0 Å². The lowest BCUT2D eigenvalue weighted by Crippen LogP contribution is -2.41. The fraction of sp³-hybridized carbons (Fsp3) is 0.700. The van der Waals surface area contributed by atoms with Gasteiger partial charge in [0.1, 0.15) is 0 Å². The summed E-state index contributed by atoms with van der Waals surface area (Å²) in [6.07, 6.45) is -0.696. The fourth-order valence-electron chi connectivity index (χ4n) is 1.33. The van der Waals surface area contributed by atoms with Gasteiger partial charge in [-0.2, -0.15) is 5.10 Å². The van der Waals surface area contributed by atoms with Gasteiger partial charge >= 0.3 is 7.12 Å². The first-order chi connectivity index (χ1) is 8.87. The summed E-state index contributed by atoms with van der Waals surface area (Å²) in [5, 5.41) is 3.59. The first kappa shape index (κ1) is 6.06. The first-order valence-corrected chi connectivity index (χ1v) is 4.79. The molecule has 0 spiro atoms. The van der Waals surface area contributed by atoms with Gasteiger partial charge < -0.3 is 9.31 Å². The van der Waals surface area contributed by atoms with Crippen LogP contribution in [0.4, 0.5) is 0 Å². The molecule has 0 radical (unpaired) electrons. The Balaban J connectivity index is 2.44. The van der Waals surface area contributed by atoms with Crippen LogP contribution in [0, 0.1) is 0 Å². The lowest BCUT2D eigenvalue weighted by Gasteiger charge is -2.32. The van der Waals surface area contributed by atoms with Gasteiger partial charge in [-0.25, -0.2) is 0 Å². The Morgan fingerprint density at radius 2 is 2.00 bits per heavy atom. The SMILES string of the molecule is [2H]c1nn(C([2H])([2H])[2H])c([2H])c1B1OC(C)(C)C(C)(C)O1. The molecule has 1 aromatic rings. The minimum atomic E-state index is -2.60. The van der Waals surface area contributed by atoms with Crippen LogP contribution < -0.4 is 5.46 Å².